The number of esters is 1. The van der Waals surface area contributed by atoms with Crippen molar-refractivity contribution in [1.82, 2.24) is 10.2 Å². The molecule has 26 heavy (non-hydrogen) atoms. The summed E-state index contributed by atoms with van der Waals surface area (Å²) in [5.74, 6) is -1.57. The fraction of sp³-hybridized carbons (Fsp3) is 0.211. The maximum atomic E-state index is 14.1. The smallest absolute Gasteiger partial charge is 0.337 e. The molecule has 1 N–H and O–H groups in total. The normalized spacial score (nSPS) is 19.4. The van der Waals surface area contributed by atoms with Crippen molar-refractivity contribution < 1.29 is 23.5 Å². The van der Waals surface area contributed by atoms with Crippen molar-refractivity contribution in [1.29, 1.82) is 0 Å². The van der Waals surface area contributed by atoms with E-state index in [-0.39, 0.29) is 12.1 Å². The van der Waals surface area contributed by atoms with E-state index >= 15 is 0 Å². The predicted octanol–water partition coefficient (Wildman–Crippen LogP) is 2.58. The lowest BCUT2D eigenvalue weighted by molar-refractivity contribution is -0.131. The second kappa shape index (κ2) is 6.59. The van der Waals surface area contributed by atoms with Crippen molar-refractivity contribution in [3.8, 4) is 0 Å². The van der Waals surface area contributed by atoms with Gasteiger partial charge < -0.3 is 10.1 Å². The Bertz CT molecular complexity index is 881. The van der Waals surface area contributed by atoms with Gasteiger partial charge in [0, 0.05) is 5.56 Å². The lowest BCUT2D eigenvalue weighted by atomic mass is 9.91. The van der Waals surface area contributed by atoms with E-state index in [0.29, 0.717) is 11.1 Å². The molecule has 2 aromatic carbocycles. The minimum atomic E-state index is -1.46. The zero-order chi connectivity index (χ0) is 18.9. The van der Waals surface area contributed by atoms with Gasteiger partial charge in [-0.25, -0.2) is 14.0 Å². The first-order valence-corrected chi connectivity index (χ1v) is 7.93. The number of nitrogens with one attached hydrogen (secondary N) is 1. The van der Waals surface area contributed by atoms with Crippen molar-refractivity contribution in [2.45, 2.75) is 19.0 Å². The monoisotopic (exact) mass is 356 g/mol. The molecule has 0 bridgehead atoms. The van der Waals surface area contributed by atoms with E-state index in [4.69, 9.17) is 0 Å². The highest BCUT2D eigenvalue weighted by Crippen LogP contribution is 2.31. The second-order valence-electron chi connectivity index (χ2n) is 6.11. The van der Waals surface area contributed by atoms with Crippen LogP contribution in [0.25, 0.3) is 0 Å². The first kappa shape index (κ1) is 17.6. The van der Waals surface area contributed by atoms with Crippen LogP contribution < -0.4 is 5.32 Å². The van der Waals surface area contributed by atoms with E-state index in [9.17, 15) is 18.8 Å². The Kier molecular flexibility index (Phi) is 4.46. The first-order valence-electron chi connectivity index (χ1n) is 7.93. The quantitative estimate of drug-likeness (QED) is 0.675. The van der Waals surface area contributed by atoms with E-state index in [1.807, 2.05) is 0 Å². The summed E-state index contributed by atoms with van der Waals surface area (Å²) in [7, 11) is 1.28. The zero-order valence-electron chi connectivity index (χ0n) is 14.3. The second-order valence-corrected chi connectivity index (χ2v) is 6.11. The number of benzene rings is 2. The third kappa shape index (κ3) is 2.92. The molecular weight excluding hydrogens is 339 g/mol. The van der Waals surface area contributed by atoms with Gasteiger partial charge in [0.05, 0.1) is 19.2 Å². The van der Waals surface area contributed by atoms with E-state index < -0.39 is 29.3 Å². The number of rotatable bonds is 4. The summed E-state index contributed by atoms with van der Waals surface area (Å²) in [4.78, 5) is 37.6. The number of carbonyl (C=O) groups excluding carboxylic acids is 3. The van der Waals surface area contributed by atoms with Crippen molar-refractivity contribution >= 4 is 17.9 Å². The summed E-state index contributed by atoms with van der Waals surface area (Å²) in [6, 6.07) is 11.6. The summed E-state index contributed by atoms with van der Waals surface area (Å²) in [6.07, 6.45) is 0. The first-order chi connectivity index (χ1) is 12.4. The van der Waals surface area contributed by atoms with Crippen molar-refractivity contribution in [2.24, 2.45) is 0 Å². The number of hydrogen-bond acceptors (Lipinski definition) is 4. The molecule has 0 saturated carbocycles. The van der Waals surface area contributed by atoms with Gasteiger partial charge in [-0.05, 0) is 30.7 Å². The number of hydrogen-bond donors (Lipinski definition) is 1. The fourth-order valence-corrected chi connectivity index (χ4v) is 2.94. The highest BCUT2D eigenvalue weighted by molar-refractivity contribution is 6.07. The van der Waals surface area contributed by atoms with Gasteiger partial charge in [0.15, 0.2) is 0 Å². The molecule has 3 rings (SSSR count). The molecule has 7 heteroatoms. The van der Waals surface area contributed by atoms with Crippen molar-refractivity contribution in [3.05, 3.63) is 71.0 Å². The summed E-state index contributed by atoms with van der Waals surface area (Å²) in [5, 5.41) is 2.57. The van der Waals surface area contributed by atoms with Gasteiger partial charge in [-0.1, -0.05) is 30.3 Å². The molecule has 134 valence electrons. The Morgan fingerprint density at radius 1 is 1.15 bits per heavy atom. The van der Waals surface area contributed by atoms with Crippen LogP contribution in [0.5, 0.6) is 0 Å². The predicted molar refractivity (Wildman–Crippen MR) is 90.6 cm³/mol. The number of halogens is 1. The number of nitrogens with zero attached hydrogens (tertiary/aromatic N) is 1. The number of urea groups is 1. The SMILES string of the molecule is COC(=O)c1ccc(CN2C(=O)NC(C)(c3ccccc3F)C2=O)cc1. The minimum Gasteiger partial charge on any atom is -0.465 e. The van der Waals surface area contributed by atoms with E-state index in [1.54, 1.807) is 30.3 Å². The summed E-state index contributed by atoms with van der Waals surface area (Å²) in [5.41, 5.74) is -0.334. The largest absolute Gasteiger partial charge is 0.465 e. The molecule has 1 heterocycles. The fourth-order valence-electron chi connectivity index (χ4n) is 2.94. The number of imide groups is 1. The molecule has 1 fully saturated rings. The minimum absolute atomic E-state index is 0.0101. The Morgan fingerprint density at radius 3 is 2.42 bits per heavy atom. The van der Waals surface area contributed by atoms with Crippen molar-refractivity contribution in [2.75, 3.05) is 7.11 Å². The maximum absolute atomic E-state index is 14.1. The van der Waals surface area contributed by atoms with Crippen LogP contribution in [0.1, 0.15) is 28.4 Å². The summed E-state index contributed by atoms with van der Waals surface area (Å²) in [6.45, 7) is 1.49. The molecule has 6 nitrogen and oxygen atoms in total. The molecule has 0 aromatic heterocycles. The number of ether oxygens (including phenoxy) is 1. The Hall–Kier alpha value is -3.22. The number of methoxy groups -OCH3 is 1. The van der Waals surface area contributed by atoms with Gasteiger partial charge in [-0.15, -0.1) is 0 Å². The highest BCUT2D eigenvalue weighted by Gasteiger charge is 2.50. The van der Waals surface area contributed by atoms with E-state index in [1.165, 1.54) is 32.2 Å². The standard InChI is InChI=1S/C19H17FN2O4/c1-19(14-5-3-4-6-15(14)20)17(24)22(18(25)21-19)11-12-7-9-13(10-8-12)16(23)26-2/h3-10H,11H2,1-2H3,(H,21,25). The van der Waals surface area contributed by atoms with Crippen LogP contribution in [-0.4, -0.2) is 29.9 Å². The molecule has 1 aliphatic rings. The van der Waals surface area contributed by atoms with Crippen LogP contribution in [0.4, 0.5) is 9.18 Å². The third-order valence-electron chi connectivity index (χ3n) is 4.40. The van der Waals surface area contributed by atoms with Gasteiger partial charge in [0.25, 0.3) is 5.91 Å². The Labute approximate surface area is 149 Å². The third-order valence-corrected chi connectivity index (χ3v) is 4.40. The average molecular weight is 356 g/mol. The van der Waals surface area contributed by atoms with E-state index in [2.05, 4.69) is 10.1 Å². The summed E-state index contributed by atoms with van der Waals surface area (Å²) >= 11 is 0. The maximum Gasteiger partial charge on any atom is 0.337 e. The Morgan fingerprint density at radius 2 is 1.81 bits per heavy atom. The topological polar surface area (TPSA) is 75.7 Å². The van der Waals surface area contributed by atoms with Crippen LogP contribution in [0.2, 0.25) is 0 Å². The molecule has 0 spiro atoms. The molecule has 0 radical (unpaired) electrons. The molecule has 0 aliphatic carbocycles. The molecule has 1 saturated heterocycles. The molecule has 3 amide bonds. The van der Waals surface area contributed by atoms with Crippen LogP contribution in [-0.2, 0) is 21.6 Å². The Balaban J connectivity index is 1.84. The average Bonchev–Trinajstić information content (AvgIpc) is 2.86. The van der Waals surface area contributed by atoms with Crippen LogP contribution in [0.15, 0.2) is 48.5 Å². The molecule has 1 unspecified atom stereocenters. The van der Waals surface area contributed by atoms with E-state index in [0.717, 1.165) is 4.90 Å². The zero-order valence-corrected chi connectivity index (χ0v) is 14.3. The van der Waals surface area contributed by atoms with Gasteiger partial charge in [0.1, 0.15) is 11.4 Å². The number of carbonyl (C=O) groups is 3. The highest BCUT2D eigenvalue weighted by atomic mass is 19.1. The van der Waals surface area contributed by atoms with Gasteiger partial charge in [0.2, 0.25) is 0 Å². The van der Waals surface area contributed by atoms with Crippen LogP contribution in [0, 0.1) is 5.82 Å². The molecular formula is C19H17FN2O4. The molecule has 2 aromatic rings. The van der Waals surface area contributed by atoms with Crippen LogP contribution in [0.3, 0.4) is 0 Å². The molecule has 1 aliphatic heterocycles. The lowest BCUT2D eigenvalue weighted by Crippen LogP contribution is -2.41. The van der Waals surface area contributed by atoms with Crippen molar-refractivity contribution in [3.63, 3.8) is 0 Å². The summed E-state index contributed by atoms with van der Waals surface area (Å²) < 4.78 is 18.8. The molecule has 1 atom stereocenters. The number of amides is 3. The van der Waals surface area contributed by atoms with Gasteiger partial charge >= 0.3 is 12.0 Å². The van der Waals surface area contributed by atoms with Crippen LogP contribution >= 0.6 is 0 Å². The van der Waals surface area contributed by atoms with Gasteiger partial charge in [-0.3, -0.25) is 9.69 Å². The van der Waals surface area contributed by atoms with Gasteiger partial charge in [-0.2, -0.15) is 0 Å². The lowest BCUT2D eigenvalue weighted by Gasteiger charge is -2.22.